The Labute approximate surface area is 200 Å². The van der Waals surface area contributed by atoms with Gasteiger partial charge in [0.25, 0.3) is 10.0 Å². The molecule has 1 aromatic heterocycles. The van der Waals surface area contributed by atoms with Gasteiger partial charge in [0, 0.05) is 37.8 Å². The van der Waals surface area contributed by atoms with E-state index >= 15 is 0 Å². The third kappa shape index (κ3) is 5.59. The van der Waals surface area contributed by atoms with Gasteiger partial charge in [-0.3, -0.25) is 0 Å². The van der Waals surface area contributed by atoms with Gasteiger partial charge in [-0.25, -0.2) is 12.4 Å². The molecular formula is C26H29N3O4S. The third-order valence-corrected chi connectivity index (χ3v) is 7.16. The average Bonchev–Trinajstić information content (AvgIpc) is 3.32. The van der Waals surface area contributed by atoms with E-state index in [0.29, 0.717) is 24.4 Å². The molecule has 4 rings (SSSR count). The zero-order valence-corrected chi connectivity index (χ0v) is 19.9. The number of ether oxygens (including phenoxy) is 2. The van der Waals surface area contributed by atoms with Crippen molar-refractivity contribution in [2.24, 2.45) is 0 Å². The second-order valence-corrected chi connectivity index (χ2v) is 9.56. The number of hydrogen-bond acceptors (Lipinski definition) is 6. The summed E-state index contributed by atoms with van der Waals surface area (Å²) >= 11 is 0. The Bertz CT molecular complexity index is 1300. The molecule has 7 nitrogen and oxygen atoms in total. The second-order valence-electron chi connectivity index (χ2n) is 7.74. The number of methoxy groups -OCH3 is 1. The van der Waals surface area contributed by atoms with Gasteiger partial charge in [-0.2, -0.15) is 0 Å². The van der Waals surface area contributed by atoms with Crippen LogP contribution in [-0.2, 0) is 16.6 Å². The summed E-state index contributed by atoms with van der Waals surface area (Å²) in [6.07, 6.45) is 1.58. The van der Waals surface area contributed by atoms with Crippen LogP contribution in [0.4, 0.5) is 0 Å². The van der Waals surface area contributed by atoms with Crippen LogP contribution < -0.4 is 20.1 Å². The van der Waals surface area contributed by atoms with Crippen molar-refractivity contribution in [1.82, 2.24) is 14.6 Å². The van der Waals surface area contributed by atoms with Gasteiger partial charge in [-0.1, -0.05) is 36.4 Å². The van der Waals surface area contributed by atoms with Crippen molar-refractivity contribution in [2.45, 2.75) is 11.4 Å². The lowest BCUT2D eigenvalue weighted by atomic mass is 10.2. The lowest BCUT2D eigenvalue weighted by Gasteiger charge is -2.11. The summed E-state index contributed by atoms with van der Waals surface area (Å²) in [6, 6.07) is 23.7. The van der Waals surface area contributed by atoms with Gasteiger partial charge in [0.15, 0.2) is 0 Å². The molecule has 34 heavy (non-hydrogen) atoms. The zero-order valence-electron chi connectivity index (χ0n) is 19.1. The van der Waals surface area contributed by atoms with E-state index in [9.17, 15) is 8.42 Å². The summed E-state index contributed by atoms with van der Waals surface area (Å²) in [5.74, 6) is 1.52. The molecule has 8 heteroatoms. The van der Waals surface area contributed by atoms with Crippen LogP contribution in [0.2, 0.25) is 0 Å². The topological polar surface area (TPSA) is 81.6 Å². The molecule has 0 aliphatic rings. The van der Waals surface area contributed by atoms with E-state index < -0.39 is 10.0 Å². The molecule has 0 bridgehead atoms. The van der Waals surface area contributed by atoms with E-state index in [4.69, 9.17) is 9.47 Å². The lowest BCUT2D eigenvalue weighted by Crippen LogP contribution is -2.29. The van der Waals surface area contributed by atoms with Gasteiger partial charge in [0.2, 0.25) is 0 Å². The maximum Gasteiger partial charge on any atom is 0.268 e. The standard InChI is InChI=1S/C26H29N3O4S/c1-32-22-12-10-21(11-13-22)20-28-16-15-27-17-19-33-26-9-5-8-25-24(26)14-18-29(25)34(30,31)23-6-3-2-4-7-23/h2-14,18,27-28H,15-17,19-20H2,1H3. The van der Waals surface area contributed by atoms with Crippen LogP contribution >= 0.6 is 0 Å². The molecule has 0 saturated heterocycles. The minimum atomic E-state index is -3.67. The number of fused-ring (bicyclic) bond motifs is 1. The first-order chi connectivity index (χ1) is 16.6. The molecule has 0 unspecified atom stereocenters. The number of rotatable bonds is 12. The summed E-state index contributed by atoms with van der Waals surface area (Å²) < 4.78 is 38.5. The third-order valence-electron chi connectivity index (χ3n) is 5.46. The summed E-state index contributed by atoms with van der Waals surface area (Å²) in [5.41, 5.74) is 1.80. The number of nitrogens with one attached hydrogen (secondary N) is 2. The number of nitrogens with zero attached hydrogens (tertiary/aromatic N) is 1. The molecule has 0 amide bonds. The van der Waals surface area contributed by atoms with Crippen molar-refractivity contribution >= 4 is 20.9 Å². The molecule has 0 fully saturated rings. The molecule has 4 aromatic rings. The van der Waals surface area contributed by atoms with Crippen LogP contribution in [-0.4, -0.2) is 45.7 Å². The van der Waals surface area contributed by atoms with E-state index in [2.05, 4.69) is 10.6 Å². The van der Waals surface area contributed by atoms with Gasteiger partial charge in [-0.05, 0) is 48.0 Å². The Kier molecular flexibility index (Phi) is 7.84. The van der Waals surface area contributed by atoms with E-state index in [0.717, 1.165) is 30.8 Å². The molecule has 2 N–H and O–H groups in total. The van der Waals surface area contributed by atoms with Crippen LogP contribution in [0.25, 0.3) is 10.9 Å². The Balaban J connectivity index is 1.25. The minimum absolute atomic E-state index is 0.253. The number of aromatic nitrogens is 1. The first kappa shape index (κ1) is 23.8. The highest BCUT2D eigenvalue weighted by atomic mass is 32.2. The van der Waals surface area contributed by atoms with Crippen LogP contribution in [0.5, 0.6) is 11.5 Å². The van der Waals surface area contributed by atoms with E-state index in [1.807, 2.05) is 36.4 Å². The molecular weight excluding hydrogens is 450 g/mol. The first-order valence-electron chi connectivity index (χ1n) is 11.2. The van der Waals surface area contributed by atoms with Crippen molar-refractivity contribution in [3.8, 4) is 11.5 Å². The van der Waals surface area contributed by atoms with Crippen molar-refractivity contribution in [3.05, 3.63) is 90.6 Å². The Morgan fingerprint density at radius 1 is 0.824 bits per heavy atom. The smallest absolute Gasteiger partial charge is 0.268 e. The van der Waals surface area contributed by atoms with Gasteiger partial charge in [0.1, 0.15) is 18.1 Å². The predicted octanol–water partition coefficient (Wildman–Crippen LogP) is 3.65. The second kappa shape index (κ2) is 11.2. The van der Waals surface area contributed by atoms with Crippen LogP contribution in [0, 0.1) is 0 Å². The highest BCUT2D eigenvalue weighted by molar-refractivity contribution is 7.90. The molecule has 0 saturated carbocycles. The molecule has 0 spiro atoms. The molecule has 178 valence electrons. The monoisotopic (exact) mass is 479 g/mol. The van der Waals surface area contributed by atoms with Gasteiger partial charge in [-0.15, -0.1) is 0 Å². The van der Waals surface area contributed by atoms with Gasteiger partial charge in [0.05, 0.1) is 17.5 Å². The Hall–Kier alpha value is -3.33. The summed E-state index contributed by atoms with van der Waals surface area (Å²) in [5, 5.41) is 7.52. The number of hydrogen-bond donors (Lipinski definition) is 2. The Morgan fingerprint density at radius 2 is 1.59 bits per heavy atom. The number of benzene rings is 3. The fourth-order valence-electron chi connectivity index (χ4n) is 3.67. The lowest BCUT2D eigenvalue weighted by molar-refractivity contribution is 0.317. The zero-order chi connectivity index (χ0) is 23.8. The molecule has 3 aromatic carbocycles. The summed E-state index contributed by atoms with van der Waals surface area (Å²) in [6.45, 7) is 3.61. The SMILES string of the molecule is COc1ccc(CNCCNCCOc2cccc3c2ccn3S(=O)(=O)c2ccccc2)cc1. The first-order valence-corrected chi connectivity index (χ1v) is 12.6. The van der Waals surface area contributed by atoms with E-state index in [1.165, 1.54) is 9.54 Å². The maximum absolute atomic E-state index is 13.0. The van der Waals surface area contributed by atoms with Crippen LogP contribution in [0.1, 0.15) is 5.56 Å². The van der Waals surface area contributed by atoms with Gasteiger partial charge >= 0.3 is 0 Å². The fourth-order valence-corrected chi connectivity index (χ4v) is 5.03. The molecule has 0 radical (unpaired) electrons. The highest BCUT2D eigenvalue weighted by Gasteiger charge is 2.19. The maximum atomic E-state index is 13.0. The summed E-state index contributed by atoms with van der Waals surface area (Å²) in [7, 11) is -2.00. The largest absolute Gasteiger partial charge is 0.497 e. The van der Waals surface area contributed by atoms with Crippen molar-refractivity contribution in [2.75, 3.05) is 33.4 Å². The Morgan fingerprint density at radius 3 is 2.35 bits per heavy atom. The van der Waals surface area contributed by atoms with E-state index in [-0.39, 0.29) is 4.90 Å². The molecule has 0 atom stereocenters. The van der Waals surface area contributed by atoms with Crippen LogP contribution in [0.3, 0.4) is 0 Å². The molecule has 1 heterocycles. The summed E-state index contributed by atoms with van der Waals surface area (Å²) in [4.78, 5) is 0.253. The normalized spacial score (nSPS) is 11.6. The predicted molar refractivity (Wildman–Crippen MR) is 134 cm³/mol. The molecule has 0 aliphatic carbocycles. The van der Waals surface area contributed by atoms with Crippen molar-refractivity contribution in [3.63, 3.8) is 0 Å². The van der Waals surface area contributed by atoms with Gasteiger partial charge < -0.3 is 20.1 Å². The molecule has 0 aliphatic heterocycles. The van der Waals surface area contributed by atoms with Crippen molar-refractivity contribution < 1.29 is 17.9 Å². The quantitative estimate of drug-likeness (QED) is 0.302. The highest BCUT2D eigenvalue weighted by Crippen LogP contribution is 2.29. The van der Waals surface area contributed by atoms with Crippen LogP contribution in [0.15, 0.2) is 90.0 Å². The fraction of sp³-hybridized carbons (Fsp3) is 0.231. The van der Waals surface area contributed by atoms with E-state index in [1.54, 1.807) is 55.8 Å². The average molecular weight is 480 g/mol. The van der Waals surface area contributed by atoms with Crippen molar-refractivity contribution in [1.29, 1.82) is 0 Å². The minimum Gasteiger partial charge on any atom is -0.497 e.